The highest BCUT2D eigenvalue weighted by atomic mass is 19.4. The highest BCUT2D eigenvalue weighted by Gasteiger charge is 2.35. The van der Waals surface area contributed by atoms with E-state index in [4.69, 9.17) is 0 Å². The van der Waals surface area contributed by atoms with Crippen LogP contribution in [0.4, 0.5) is 24.5 Å². The Labute approximate surface area is 101 Å². The minimum atomic E-state index is -4.63. The van der Waals surface area contributed by atoms with Gasteiger partial charge in [0.25, 0.3) is 5.69 Å². The molecule has 0 atom stereocenters. The quantitative estimate of drug-likeness (QED) is 0.482. The van der Waals surface area contributed by atoms with Crippen molar-refractivity contribution in [3.63, 3.8) is 0 Å². The molecule has 0 unspecified atom stereocenters. The topological polar surface area (TPSA) is 82.8 Å². The number of nitro benzene ring substituents is 1. The standard InChI is InChI=1S/C10H12F3N3O2/c11-10(12,13)8-6-7(16(17)18)2-3-9(8)15-5-1-4-14/h2-3,6,15H,1,4-5,14H2/p+1. The molecule has 4 N–H and O–H groups in total. The smallest absolute Gasteiger partial charge is 0.384 e. The molecule has 5 nitrogen and oxygen atoms in total. The number of nitro groups is 1. The van der Waals surface area contributed by atoms with Crippen molar-refractivity contribution < 1.29 is 23.8 Å². The fourth-order valence-electron chi connectivity index (χ4n) is 1.38. The van der Waals surface area contributed by atoms with Gasteiger partial charge in [0.1, 0.15) is 0 Å². The Hall–Kier alpha value is -1.83. The lowest BCUT2D eigenvalue weighted by atomic mass is 10.1. The van der Waals surface area contributed by atoms with E-state index < -0.39 is 22.4 Å². The van der Waals surface area contributed by atoms with E-state index in [0.717, 1.165) is 12.1 Å². The molecule has 0 bridgehead atoms. The van der Waals surface area contributed by atoms with E-state index in [2.05, 4.69) is 11.1 Å². The molecule has 1 aromatic carbocycles. The summed E-state index contributed by atoms with van der Waals surface area (Å²) in [5.41, 5.74) is 1.82. The SMILES string of the molecule is [NH3+]CCCNc1ccc([N+](=O)[O-])cc1C(F)(F)F. The number of benzene rings is 1. The fourth-order valence-corrected chi connectivity index (χ4v) is 1.38. The van der Waals surface area contributed by atoms with Crippen molar-refractivity contribution in [1.29, 1.82) is 0 Å². The minimum Gasteiger partial charge on any atom is -0.384 e. The number of alkyl halides is 3. The van der Waals surface area contributed by atoms with Crippen molar-refractivity contribution in [2.24, 2.45) is 0 Å². The zero-order valence-corrected chi connectivity index (χ0v) is 9.46. The average molecular weight is 264 g/mol. The van der Waals surface area contributed by atoms with Gasteiger partial charge in [0.05, 0.1) is 17.0 Å². The van der Waals surface area contributed by atoms with Gasteiger partial charge in [-0.1, -0.05) is 0 Å². The molecular formula is C10H13F3N3O2+. The normalized spacial score (nSPS) is 11.3. The van der Waals surface area contributed by atoms with Crippen molar-refractivity contribution in [3.05, 3.63) is 33.9 Å². The van der Waals surface area contributed by atoms with Crippen LogP contribution in [0.5, 0.6) is 0 Å². The predicted octanol–water partition coefficient (Wildman–Crippen LogP) is 1.66. The number of anilines is 1. The van der Waals surface area contributed by atoms with Gasteiger partial charge in [-0.25, -0.2) is 0 Å². The third kappa shape index (κ3) is 3.59. The zero-order chi connectivity index (χ0) is 13.8. The maximum absolute atomic E-state index is 12.7. The maximum Gasteiger partial charge on any atom is 0.418 e. The third-order valence-electron chi connectivity index (χ3n) is 2.26. The number of halogens is 3. The van der Waals surface area contributed by atoms with E-state index in [1.807, 2.05) is 0 Å². The van der Waals surface area contributed by atoms with Crippen LogP contribution >= 0.6 is 0 Å². The largest absolute Gasteiger partial charge is 0.418 e. The van der Waals surface area contributed by atoms with E-state index in [1.165, 1.54) is 0 Å². The molecule has 1 rings (SSSR count). The van der Waals surface area contributed by atoms with Gasteiger partial charge in [-0.2, -0.15) is 13.2 Å². The lowest BCUT2D eigenvalue weighted by Gasteiger charge is -2.13. The Morgan fingerprint density at radius 3 is 2.56 bits per heavy atom. The van der Waals surface area contributed by atoms with Crippen LogP contribution < -0.4 is 11.1 Å². The molecule has 0 aromatic heterocycles. The van der Waals surface area contributed by atoms with E-state index >= 15 is 0 Å². The zero-order valence-electron chi connectivity index (χ0n) is 9.46. The first-order chi connectivity index (χ1) is 8.36. The number of hydrogen-bond donors (Lipinski definition) is 2. The van der Waals surface area contributed by atoms with Crippen molar-refractivity contribution in [1.82, 2.24) is 0 Å². The van der Waals surface area contributed by atoms with Gasteiger partial charge in [0.15, 0.2) is 0 Å². The Kier molecular flexibility index (Phi) is 4.49. The van der Waals surface area contributed by atoms with Crippen molar-refractivity contribution >= 4 is 11.4 Å². The number of nitrogens with zero attached hydrogens (tertiary/aromatic N) is 1. The van der Waals surface area contributed by atoms with Gasteiger partial charge in [-0.3, -0.25) is 10.1 Å². The second kappa shape index (κ2) is 5.67. The van der Waals surface area contributed by atoms with Gasteiger partial charge < -0.3 is 11.1 Å². The summed E-state index contributed by atoms with van der Waals surface area (Å²) in [4.78, 5) is 9.61. The summed E-state index contributed by atoms with van der Waals surface area (Å²) in [6.45, 7) is 0.936. The van der Waals surface area contributed by atoms with Crippen molar-refractivity contribution in [2.45, 2.75) is 12.6 Å². The summed E-state index contributed by atoms with van der Waals surface area (Å²) in [5, 5.41) is 13.1. The number of quaternary nitrogens is 1. The second-order valence-corrected chi connectivity index (χ2v) is 3.62. The van der Waals surface area contributed by atoms with Crippen LogP contribution in [-0.2, 0) is 6.18 Å². The van der Waals surface area contributed by atoms with Crippen molar-refractivity contribution in [2.75, 3.05) is 18.4 Å². The molecule has 0 fully saturated rings. The molecular weight excluding hydrogens is 251 g/mol. The van der Waals surface area contributed by atoms with E-state index in [-0.39, 0.29) is 5.69 Å². The molecule has 1 aromatic rings. The maximum atomic E-state index is 12.7. The summed E-state index contributed by atoms with van der Waals surface area (Å²) >= 11 is 0. The average Bonchev–Trinajstić information content (AvgIpc) is 2.28. The fraction of sp³-hybridized carbons (Fsp3) is 0.400. The molecule has 0 radical (unpaired) electrons. The number of hydrogen-bond acceptors (Lipinski definition) is 3. The van der Waals surface area contributed by atoms with Gasteiger partial charge in [-0.05, 0) is 6.07 Å². The highest BCUT2D eigenvalue weighted by Crippen LogP contribution is 2.36. The van der Waals surface area contributed by atoms with E-state index in [0.29, 0.717) is 25.6 Å². The first-order valence-electron chi connectivity index (χ1n) is 5.25. The Morgan fingerprint density at radius 1 is 1.39 bits per heavy atom. The molecule has 0 saturated heterocycles. The lowest BCUT2D eigenvalue weighted by Crippen LogP contribution is -2.50. The lowest BCUT2D eigenvalue weighted by molar-refractivity contribution is -0.385. The third-order valence-corrected chi connectivity index (χ3v) is 2.26. The predicted molar refractivity (Wildman–Crippen MR) is 59.0 cm³/mol. The summed E-state index contributed by atoms with van der Waals surface area (Å²) in [5.74, 6) is 0. The minimum absolute atomic E-state index is 0.151. The summed E-state index contributed by atoms with van der Waals surface area (Å²) in [6.07, 6.45) is -4.01. The number of non-ortho nitro benzene ring substituents is 1. The molecule has 0 aliphatic rings. The van der Waals surface area contributed by atoms with Crippen LogP contribution in [0, 0.1) is 10.1 Å². The van der Waals surface area contributed by atoms with E-state index in [1.54, 1.807) is 0 Å². The molecule has 0 amide bonds. The van der Waals surface area contributed by atoms with Gasteiger partial charge in [0.2, 0.25) is 0 Å². The molecule has 0 spiro atoms. The monoisotopic (exact) mass is 264 g/mol. The van der Waals surface area contributed by atoms with E-state index in [9.17, 15) is 23.3 Å². The second-order valence-electron chi connectivity index (χ2n) is 3.62. The van der Waals surface area contributed by atoms with Crippen LogP contribution in [-0.4, -0.2) is 18.0 Å². The summed E-state index contributed by atoms with van der Waals surface area (Å²) < 4.78 is 38.2. The van der Waals surface area contributed by atoms with Crippen LogP contribution in [0.25, 0.3) is 0 Å². The van der Waals surface area contributed by atoms with Gasteiger partial charge in [0, 0.05) is 30.8 Å². The summed E-state index contributed by atoms with van der Waals surface area (Å²) in [6, 6.07) is 2.65. The van der Waals surface area contributed by atoms with Gasteiger partial charge >= 0.3 is 6.18 Å². The summed E-state index contributed by atoms with van der Waals surface area (Å²) in [7, 11) is 0. The highest BCUT2D eigenvalue weighted by molar-refractivity contribution is 5.57. The Balaban J connectivity index is 3.05. The first kappa shape index (κ1) is 14.2. The molecule has 8 heteroatoms. The number of rotatable bonds is 5. The van der Waals surface area contributed by atoms with Crippen LogP contribution in [0.15, 0.2) is 18.2 Å². The molecule has 18 heavy (non-hydrogen) atoms. The molecule has 0 saturated carbocycles. The first-order valence-corrected chi connectivity index (χ1v) is 5.25. The Bertz CT molecular complexity index is 435. The molecule has 100 valence electrons. The molecule has 0 aliphatic heterocycles. The Morgan fingerprint density at radius 2 is 2.06 bits per heavy atom. The molecule has 0 heterocycles. The van der Waals surface area contributed by atoms with Crippen LogP contribution in [0.1, 0.15) is 12.0 Å². The molecule has 0 aliphatic carbocycles. The van der Waals surface area contributed by atoms with Crippen molar-refractivity contribution in [3.8, 4) is 0 Å². The van der Waals surface area contributed by atoms with Crippen LogP contribution in [0.2, 0.25) is 0 Å². The van der Waals surface area contributed by atoms with Crippen LogP contribution in [0.3, 0.4) is 0 Å². The van der Waals surface area contributed by atoms with Gasteiger partial charge in [-0.15, -0.1) is 0 Å². The number of nitrogens with one attached hydrogen (secondary N) is 1.